The maximum absolute atomic E-state index is 12.3. The smallest absolute Gasteiger partial charge is 0.303 e. The fraction of sp³-hybridized carbons (Fsp3) is 0.652. The van der Waals surface area contributed by atoms with Crippen LogP contribution in [0.4, 0.5) is 0 Å². The van der Waals surface area contributed by atoms with E-state index in [0.717, 1.165) is 25.7 Å². The molecule has 2 fully saturated rings. The second-order valence-electron chi connectivity index (χ2n) is 8.18. The van der Waals surface area contributed by atoms with E-state index in [1.54, 1.807) is 6.08 Å². The Bertz CT molecular complexity index is 677. The average Bonchev–Trinajstić information content (AvgIpc) is 3.02. The van der Waals surface area contributed by atoms with Crippen molar-refractivity contribution in [2.75, 3.05) is 0 Å². The maximum atomic E-state index is 12.3. The van der Waals surface area contributed by atoms with E-state index in [4.69, 9.17) is 5.11 Å². The van der Waals surface area contributed by atoms with Crippen LogP contribution in [0.15, 0.2) is 24.3 Å². The number of carbonyl (C=O) groups is 4. The molecule has 2 rings (SSSR count). The van der Waals surface area contributed by atoms with Crippen LogP contribution in [0.25, 0.3) is 0 Å². The van der Waals surface area contributed by atoms with Gasteiger partial charge in [0.15, 0.2) is 0 Å². The molecule has 0 heterocycles. The summed E-state index contributed by atoms with van der Waals surface area (Å²) in [7, 11) is 0. The zero-order valence-electron chi connectivity index (χ0n) is 17.1. The Balaban J connectivity index is 2.06. The standard InChI is InChI=1S/C23H32O6/c1-2-3-6-9-15(24)12-13-17-16(10-7-4-5-8-11-20(25)26)18-14-19(17)22(28)23(29)21(18)27/h7,10,12-13,15-19,24H,2-6,8-9,11,14H2,1H3,(H,25,26). The van der Waals surface area contributed by atoms with Crippen molar-refractivity contribution in [3.05, 3.63) is 24.3 Å². The minimum atomic E-state index is -0.884. The summed E-state index contributed by atoms with van der Waals surface area (Å²) in [4.78, 5) is 47.3. The van der Waals surface area contributed by atoms with Crippen molar-refractivity contribution in [1.82, 2.24) is 0 Å². The molecular weight excluding hydrogens is 372 g/mol. The summed E-state index contributed by atoms with van der Waals surface area (Å²) in [6, 6.07) is 0. The van der Waals surface area contributed by atoms with Gasteiger partial charge in [-0.05, 0) is 43.9 Å². The molecule has 0 aromatic carbocycles. The molecule has 0 aliphatic heterocycles. The summed E-state index contributed by atoms with van der Waals surface area (Å²) >= 11 is 0. The Hall–Kier alpha value is -2.08. The minimum Gasteiger partial charge on any atom is -0.481 e. The Morgan fingerprint density at radius 2 is 1.69 bits per heavy atom. The van der Waals surface area contributed by atoms with Crippen molar-refractivity contribution in [2.24, 2.45) is 23.7 Å². The summed E-state index contributed by atoms with van der Waals surface area (Å²) < 4.78 is 0. The van der Waals surface area contributed by atoms with Crippen molar-refractivity contribution < 1.29 is 29.4 Å². The first-order valence-corrected chi connectivity index (χ1v) is 10.7. The molecule has 6 heteroatoms. The van der Waals surface area contributed by atoms with E-state index in [1.807, 2.05) is 18.2 Å². The number of carboxylic acid groups (broad SMARTS) is 1. The van der Waals surface area contributed by atoms with Crippen LogP contribution < -0.4 is 0 Å². The SMILES string of the molecule is CCCCCC(O)C=CC1C2CC(C(=O)C(=O)C2=O)C1C=CCCCCC(=O)O. The maximum Gasteiger partial charge on any atom is 0.303 e. The number of fused-ring (bicyclic) bond motifs is 2. The molecule has 0 amide bonds. The molecule has 6 nitrogen and oxygen atoms in total. The number of hydrogen-bond donors (Lipinski definition) is 2. The number of allylic oxidation sites excluding steroid dienone is 3. The van der Waals surface area contributed by atoms with Crippen molar-refractivity contribution >= 4 is 23.3 Å². The largest absolute Gasteiger partial charge is 0.481 e. The van der Waals surface area contributed by atoms with E-state index >= 15 is 0 Å². The van der Waals surface area contributed by atoms with Crippen LogP contribution in [0.2, 0.25) is 0 Å². The topological polar surface area (TPSA) is 109 Å². The van der Waals surface area contributed by atoms with Gasteiger partial charge in [0.05, 0.1) is 6.10 Å². The molecule has 5 atom stereocenters. The van der Waals surface area contributed by atoms with Gasteiger partial charge in [0.2, 0.25) is 11.6 Å². The lowest BCUT2D eigenvalue weighted by Gasteiger charge is -2.17. The highest BCUT2D eigenvalue weighted by Crippen LogP contribution is 2.47. The molecule has 2 aliphatic carbocycles. The quantitative estimate of drug-likeness (QED) is 0.294. The third kappa shape index (κ3) is 6.20. The van der Waals surface area contributed by atoms with Crippen molar-refractivity contribution in [1.29, 1.82) is 0 Å². The summed E-state index contributed by atoms with van der Waals surface area (Å²) in [6.45, 7) is 2.10. The second-order valence-corrected chi connectivity index (χ2v) is 8.18. The first-order chi connectivity index (χ1) is 13.9. The molecular formula is C23H32O6. The number of carbonyl (C=O) groups excluding carboxylic acids is 3. The van der Waals surface area contributed by atoms with Gasteiger partial charge >= 0.3 is 5.97 Å². The van der Waals surface area contributed by atoms with Crippen LogP contribution in [0.3, 0.4) is 0 Å². The van der Waals surface area contributed by atoms with E-state index < -0.39 is 41.3 Å². The highest BCUT2D eigenvalue weighted by molar-refractivity contribution is 6.65. The Morgan fingerprint density at radius 1 is 1.03 bits per heavy atom. The Labute approximate surface area is 172 Å². The highest BCUT2D eigenvalue weighted by Gasteiger charge is 2.55. The number of carboxylic acids is 1. The predicted molar refractivity (Wildman–Crippen MR) is 108 cm³/mol. The molecule has 2 bridgehead atoms. The molecule has 2 saturated carbocycles. The van der Waals surface area contributed by atoms with Crippen LogP contribution in [-0.4, -0.2) is 39.6 Å². The number of hydrogen-bond acceptors (Lipinski definition) is 5. The van der Waals surface area contributed by atoms with Crippen LogP contribution >= 0.6 is 0 Å². The Morgan fingerprint density at radius 3 is 2.31 bits per heavy atom. The van der Waals surface area contributed by atoms with Gasteiger partial charge < -0.3 is 10.2 Å². The minimum absolute atomic E-state index is 0.130. The number of unbranched alkanes of at least 4 members (excludes halogenated alkanes) is 4. The van der Waals surface area contributed by atoms with Crippen LogP contribution in [0.5, 0.6) is 0 Å². The van der Waals surface area contributed by atoms with E-state index in [0.29, 0.717) is 25.7 Å². The number of ketones is 3. The van der Waals surface area contributed by atoms with Crippen molar-refractivity contribution in [3.63, 3.8) is 0 Å². The molecule has 2 aliphatic rings. The van der Waals surface area contributed by atoms with Crippen molar-refractivity contribution in [2.45, 2.75) is 70.8 Å². The first kappa shape index (κ1) is 23.2. The molecule has 0 spiro atoms. The van der Waals surface area contributed by atoms with Gasteiger partial charge in [-0.3, -0.25) is 19.2 Å². The van der Waals surface area contributed by atoms with Gasteiger partial charge in [0.25, 0.3) is 5.78 Å². The number of aliphatic hydroxyl groups excluding tert-OH is 1. The summed E-state index contributed by atoms with van der Waals surface area (Å²) in [6.07, 6.45) is 13.0. The third-order valence-electron chi connectivity index (χ3n) is 6.03. The first-order valence-electron chi connectivity index (χ1n) is 10.7. The Kier molecular flexibility index (Phi) is 8.96. The molecule has 0 aromatic heterocycles. The van der Waals surface area contributed by atoms with Crippen LogP contribution in [-0.2, 0) is 19.2 Å². The fourth-order valence-electron chi connectivity index (χ4n) is 4.42. The zero-order valence-corrected chi connectivity index (χ0v) is 17.1. The zero-order chi connectivity index (χ0) is 21.4. The summed E-state index contributed by atoms with van der Waals surface area (Å²) in [5.41, 5.74) is 0. The van der Waals surface area contributed by atoms with Gasteiger partial charge in [-0.15, -0.1) is 0 Å². The van der Waals surface area contributed by atoms with Gasteiger partial charge in [-0.1, -0.05) is 50.5 Å². The fourth-order valence-corrected chi connectivity index (χ4v) is 4.42. The van der Waals surface area contributed by atoms with E-state index in [2.05, 4.69) is 6.92 Å². The molecule has 0 aromatic rings. The monoisotopic (exact) mass is 404 g/mol. The van der Waals surface area contributed by atoms with E-state index in [-0.39, 0.29) is 18.3 Å². The number of aliphatic hydroxyl groups is 1. The van der Waals surface area contributed by atoms with Gasteiger partial charge in [-0.25, -0.2) is 0 Å². The number of aliphatic carboxylic acids is 1. The van der Waals surface area contributed by atoms with Crippen molar-refractivity contribution in [3.8, 4) is 0 Å². The van der Waals surface area contributed by atoms with E-state index in [1.165, 1.54) is 0 Å². The predicted octanol–water partition coefficient (Wildman–Crippen LogP) is 3.27. The number of rotatable bonds is 12. The third-order valence-corrected chi connectivity index (χ3v) is 6.03. The lowest BCUT2D eigenvalue weighted by Crippen LogP contribution is -2.37. The molecule has 160 valence electrons. The molecule has 0 saturated heterocycles. The van der Waals surface area contributed by atoms with Crippen LogP contribution in [0, 0.1) is 23.7 Å². The molecule has 0 radical (unpaired) electrons. The molecule has 5 unspecified atom stereocenters. The molecule has 29 heavy (non-hydrogen) atoms. The summed E-state index contributed by atoms with van der Waals surface area (Å²) in [5.74, 6) is -4.36. The highest BCUT2D eigenvalue weighted by atomic mass is 16.4. The number of Topliss-reactive ketones (excluding diaryl/α,β-unsaturated/α-hetero) is 3. The van der Waals surface area contributed by atoms with E-state index in [9.17, 15) is 24.3 Å². The average molecular weight is 405 g/mol. The molecule has 2 N–H and O–H groups in total. The van der Waals surface area contributed by atoms with Gasteiger partial charge in [0, 0.05) is 18.3 Å². The van der Waals surface area contributed by atoms with Gasteiger partial charge in [-0.2, -0.15) is 0 Å². The second kappa shape index (κ2) is 11.2. The van der Waals surface area contributed by atoms with Crippen LogP contribution in [0.1, 0.15) is 64.7 Å². The van der Waals surface area contributed by atoms with Gasteiger partial charge in [0.1, 0.15) is 0 Å². The summed E-state index contributed by atoms with van der Waals surface area (Å²) in [5, 5.41) is 18.9. The lowest BCUT2D eigenvalue weighted by atomic mass is 9.84. The normalized spacial score (nSPS) is 28.0. The lowest BCUT2D eigenvalue weighted by molar-refractivity contribution is -0.148.